The largest absolute Gasteiger partial charge is 0.311 e. The second-order valence-electron chi connectivity index (χ2n) is 5.90. The quantitative estimate of drug-likeness (QED) is 0.678. The van der Waals surface area contributed by atoms with Gasteiger partial charge in [-0.05, 0) is 49.9 Å². The number of rotatable bonds is 1. The first kappa shape index (κ1) is 10.5. The maximum Gasteiger partial charge on any atom is 0.0101 e. The summed E-state index contributed by atoms with van der Waals surface area (Å²) in [6.07, 6.45) is 4.34. The van der Waals surface area contributed by atoms with E-state index in [0.717, 1.165) is 35.8 Å². The maximum atomic E-state index is 3.76. The van der Waals surface area contributed by atoms with Gasteiger partial charge < -0.3 is 5.32 Å². The van der Waals surface area contributed by atoms with Gasteiger partial charge in [0, 0.05) is 12.1 Å². The molecule has 0 radical (unpaired) electrons. The Morgan fingerprint density at radius 1 is 1.14 bits per heavy atom. The first-order valence-corrected chi connectivity index (χ1v) is 6.35. The lowest BCUT2D eigenvalue weighted by molar-refractivity contribution is 0.177. The van der Waals surface area contributed by atoms with E-state index in [0.29, 0.717) is 0 Å². The molecule has 1 aliphatic carbocycles. The summed E-state index contributed by atoms with van der Waals surface area (Å²) in [5.41, 5.74) is 0. The number of hydrogen-bond donors (Lipinski definition) is 1. The summed E-state index contributed by atoms with van der Waals surface area (Å²) in [5, 5.41) is 3.76. The summed E-state index contributed by atoms with van der Waals surface area (Å²) >= 11 is 0. The molecule has 1 N–H and O–H groups in total. The van der Waals surface area contributed by atoms with Crippen LogP contribution < -0.4 is 5.32 Å². The van der Waals surface area contributed by atoms with Crippen LogP contribution in [0.3, 0.4) is 0 Å². The van der Waals surface area contributed by atoms with Gasteiger partial charge in [0.05, 0.1) is 0 Å². The van der Waals surface area contributed by atoms with Crippen molar-refractivity contribution in [2.24, 2.45) is 23.7 Å². The van der Waals surface area contributed by atoms with Gasteiger partial charge in [0.1, 0.15) is 0 Å². The van der Waals surface area contributed by atoms with Gasteiger partial charge in [0.15, 0.2) is 0 Å². The molecule has 0 bridgehead atoms. The molecule has 1 heterocycles. The van der Waals surface area contributed by atoms with E-state index in [4.69, 9.17) is 0 Å². The monoisotopic (exact) mass is 195 g/mol. The molecule has 2 fully saturated rings. The third kappa shape index (κ3) is 1.71. The Morgan fingerprint density at radius 3 is 2.50 bits per heavy atom. The lowest BCUT2D eigenvalue weighted by atomic mass is 9.71. The molecule has 1 aliphatic heterocycles. The number of fused-ring (bicyclic) bond motifs is 1. The average Bonchev–Trinajstić information content (AvgIpc) is 2.43. The standard InChI is InChI=1S/C13H25N/c1-8(2)11-5-6-13-12(7-11)9(3)10(4)14-13/h8-14H,5-7H2,1-4H3. The molecule has 1 nitrogen and oxygen atoms in total. The van der Waals surface area contributed by atoms with E-state index >= 15 is 0 Å². The van der Waals surface area contributed by atoms with E-state index < -0.39 is 0 Å². The van der Waals surface area contributed by atoms with Gasteiger partial charge in [-0.15, -0.1) is 0 Å². The molecule has 2 rings (SSSR count). The zero-order valence-electron chi connectivity index (χ0n) is 10.1. The third-order valence-corrected chi connectivity index (χ3v) is 4.82. The van der Waals surface area contributed by atoms with Gasteiger partial charge in [-0.1, -0.05) is 20.8 Å². The molecular formula is C13H25N. The molecule has 0 spiro atoms. The number of nitrogens with one attached hydrogen (secondary N) is 1. The molecule has 5 unspecified atom stereocenters. The predicted molar refractivity (Wildman–Crippen MR) is 61.2 cm³/mol. The van der Waals surface area contributed by atoms with E-state index in [1.165, 1.54) is 19.3 Å². The molecule has 1 saturated heterocycles. The van der Waals surface area contributed by atoms with Crippen molar-refractivity contribution in [3.05, 3.63) is 0 Å². The molecular weight excluding hydrogens is 170 g/mol. The summed E-state index contributed by atoms with van der Waals surface area (Å²) in [4.78, 5) is 0. The summed E-state index contributed by atoms with van der Waals surface area (Å²) in [7, 11) is 0. The Morgan fingerprint density at radius 2 is 1.86 bits per heavy atom. The minimum absolute atomic E-state index is 0.746. The molecule has 82 valence electrons. The highest BCUT2D eigenvalue weighted by molar-refractivity contribution is 4.97. The predicted octanol–water partition coefficient (Wildman–Crippen LogP) is 3.06. The Balaban J connectivity index is 2.01. The van der Waals surface area contributed by atoms with E-state index in [-0.39, 0.29) is 0 Å². The zero-order chi connectivity index (χ0) is 10.3. The van der Waals surface area contributed by atoms with Crippen LogP contribution in [0, 0.1) is 23.7 Å². The minimum atomic E-state index is 0.746. The number of hydrogen-bond acceptors (Lipinski definition) is 1. The van der Waals surface area contributed by atoms with Gasteiger partial charge >= 0.3 is 0 Å². The highest BCUT2D eigenvalue weighted by Gasteiger charge is 2.41. The van der Waals surface area contributed by atoms with E-state index in [9.17, 15) is 0 Å². The molecule has 2 aliphatic rings. The first-order valence-electron chi connectivity index (χ1n) is 6.35. The lowest BCUT2D eigenvalue weighted by Gasteiger charge is -2.35. The molecule has 5 atom stereocenters. The summed E-state index contributed by atoms with van der Waals surface area (Å²) < 4.78 is 0. The van der Waals surface area contributed by atoms with Crippen molar-refractivity contribution in [2.75, 3.05) is 0 Å². The summed E-state index contributed by atoms with van der Waals surface area (Å²) in [5.74, 6) is 3.73. The van der Waals surface area contributed by atoms with Gasteiger partial charge in [0.2, 0.25) is 0 Å². The van der Waals surface area contributed by atoms with Crippen molar-refractivity contribution in [3.8, 4) is 0 Å². The molecule has 0 amide bonds. The Labute approximate surface area is 88.7 Å². The van der Waals surface area contributed by atoms with Crippen LogP contribution in [-0.4, -0.2) is 12.1 Å². The van der Waals surface area contributed by atoms with Crippen LogP contribution in [-0.2, 0) is 0 Å². The average molecular weight is 195 g/mol. The van der Waals surface area contributed by atoms with Gasteiger partial charge in [-0.25, -0.2) is 0 Å². The zero-order valence-corrected chi connectivity index (χ0v) is 10.1. The van der Waals surface area contributed by atoms with Crippen molar-refractivity contribution in [1.82, 2.24) is 5.32 Å². The van der Waals surface area contributed by atoms with Crippen LogP contribution in [0.2, 0.25) is 0 Å². The normalized spacial score (nSPS) is 48.2. The fraction of sp³-hybridized carbons (Fsp3) is 1.00. The SMILES string of the molecule is CC(C)C1CCC2NC(C)C(C)C2C1. The van der Waals surface area contributed by atoms with Crippen LogP contribution in [0.5, 0.6) is 0 Å². The van der Waals surface area contributed by atoms with Crippen molar-refractivity contribution in [1.29, 1.82) is 0 Å². The highest BCUT2D eigenvalue weighted by Crippen LogP contribution is 2.42. The summed E-state index contributed by atoms with van der Waals surface area (Å²) in [6, 6.07) is 1.59. The molecule has 0 aromatic heterocycles. The fourth-order valence-electron chi connectivity index (χ4n) is 3.49. The topological polar surface area (TPSA) is 12.0 Å². The van der Waals surface area contributed by atoms with Crippen LogP contribution in [0.15, 0.2) is 0 Å². The van der Waals surface area contributed by atoms with Crippen LogP contribution >= 0.6 is 0 Å². The van der Waals surface area contributed by atoms with Gasteiger partial charge in [-0.2, -0.15) is 0 Å². The van der Waals surface area contributed by atoms with E-state index in [1.54, 1.807) is 0 Å². The lowest BCUT2D eigenvalue weighted by Crippen LogP contribution is -2.35. The van der Waals surface area contributed by atoms with Crippen molar-refractivity contribution in [2.45, 2.75) is 59.0 Å². The minimum Gasteiger partial charge on any atom is -0.311 e. The maximum absolute atomic E-state index is 3.76. The van der Waals surface area contributed by atoms with Crippen molar-refractivity contribution in [3.63, 3.8) is 0 Å². The Bertz CT molecular complexity index is 199. The Hall–Kier alpha value is -0.0400. The Kier molecular flexibility index (Phi) is 2.88. The third-order valence-electron chi connectivity index (χ3n) is 4.82. The van der Waals surface area contributed by atoms with Crippen molar-refractivity contribution >= 4 is 0 Å². The second-order valence-corrected chi connectivity index (χ2v) is 5.90. The summed E-state index contributed by atoms with van der Waals surface area (Å²) in [6.45, 7) is 9.57. The molecule has 0 aromatic carbocycles. The van der Waals surface area contributed by atoms with Crippen LogP contribution in [0.4, 0.5) is 0 Å². The second kappa shape index (κ2) is 3.84. The van der Waals surface area contributed by atoms with Gasteiger partial charge in [-0.3, -0.25) is 0 Å². The van der Waals surface area contributed by atoms with Crippen LogP contribution in [0.1, 0.15) is 47.0 Å². The van der Waals surface area contributed by atoms with E-state index in [2.05, 4.69) is 33.0 Å². The highest BCUT2D eigenvalue weighted by atomic mass is 15.0. The molecule has 0 aromatic rings. The van der Waals surface area contributed by atoms with E-state index in [1.807, 2.05) is 0 Å². The molecule has 1 saturated carbocycles. The van der Waals surface area contributed by atoms with Crippen molar-refractivity contribution < 1.29 is 0 Å². The molecule has 1 heteroatoms. The van der Waals surface area contributed by atoms with Gasteiger partial charge in [0.25, 0.3) is 0 Å². The first-order chi connectivity index (χ1) is 6.59. The fourth-order valence-corrected chi connectivity index (χ4v) is 3.49. The van der Waals surface area contributed by atoms with Crippen LogP contribution in [0.25, 0.3) is 0 Å². The molecule has 14 heavy (non-hydrogen) atoms. The smallest absolute Gasteiger partial charge is 0.0101 e.